The molecule has 10 heteroatoms. The first-order valence-corrected chi connectivity index (χ1v) is 10.6. The number of aliphatic carboxylic acids is 1. The molecule has 2 unspecified atom stereocenters. The van der Waals surface area contributed by atoms with Gasteiger partial charge in [0.15, 0.2) is 18.9 Å². The molecule has 2 aromatic heterocycles. The van der Waals surface area contributed by atoms with Crippen molar-refractivity contribution in [1.29, 1.82) is 0 Å². The van der Waals surface area contributed by atoms with Gasteiger partial charge in [-0.1, -0.05) is 12.1 Å². The molecule has 1 fully saturated rings. The molecular weight excluding hydrogens is 434 g/mol. The summed E-state index contributed by atoms with van der Waals surface area (Å²) in [6.45, 7) is 0.364. The Bertz CT molecular complexity index is 950. The molecule has 0 saturated carbocycles. The number of thiophene rings is 1. The predicted octanol–water partition coefficient (Wildman–Crippen LogP) is 0.104. The summed E-state index contributed by atoms with van der Waals surface area (Å²) in [6.07, 6.45) is 3.88. The van der Waals surface area contributed by atoms with Gasteiger partial charge in [0, 0.05) is 28.3 Å². The van der Waals surface area contributed by atoms with Crippen LogP contribution in [0.25, 0.3) is 0 Å². The SMILES string of the molecule is Cl.O=C(Cc1cccs1)NC1C(=O)N2C(C(=O)[O-])=C(C[n+]3ccccc3)CSC12. The zero-order valence-corrected chi connectivity index (χ0v) is 17.6. The Morgan fingerprint density at radius 1 is 1.24 bits per heavy atom. The third kappa shape index (κ3) is 4.31. The highest BCUT2D eigenvalue weighted by molar-refractivity contribution is 8.00. The number of halogens is 1. The molecule has 4 heterocycles. The summed E-state index contributed by atoms with van der Waals surface area (Å²) >= 11 is 2.93. The molecule has 7 nitrogen and oxygen atoms in total. The number of nitrogens with one attached hydrogen (secondary N) is 1. The fourth-order valence-corrected chi connectivity index (χ4v) is 5.39. The van der Waals surface area contributed by atoms with E-state index in [1.54, 1.807) is 0 Å². The Hall–Kier alpha value is -2.36. The standard InChI is InChI=1S/C19H17N3O4S2.ClH/c23-14(9-13-5-4-8-27-13)20-15-17(24)22-16(19(25)26)12(11-28-18(15)22)10-21-6-2-1-3-7-21;/h1-8,15,18H,9-11H2,(H-,20,23,25,26);1H. The number of hydrogen-bond acceptors (Lipinski definition) is 6. The van der Waals surface area contributed by atoms with Crippen LogP contribution in [0.3, 0.4) is 0 Å². The third-order valence-electron chi connectivity index (χ3n) is 4.62. The normalized spacial score (nSPS) is 20.4. The van der Waals surface area contributed by atoms with E-state index in [-0.39, 0.29) is 30.4 Å². The average Bonchev–Trinajstić information content (AvgIpc) is 3.19. The second-order valence-electron chi connectivity index (χ2n) is 6.50. The van der Waals surface area contributed by atoms with Gasteiger partial charge in [-0.05, 0) is 11.4 Å². The average molecular weight is 452 g/mol. The van der Waals surface area contributed by atoms with E-state index in [2.05, 4.69) is 5.32 Å². The van der Waals surface area contributed by atoms with Gasteiger partial charge >= 0.3 is 0 Å². The lowest BCUT2D eigenvalue weighted by atomic mass is 10.0. The molecule has 152 valence electrons. The van der Waals surface area contributed by atoms with Crippen molar-refractivity contribution in [2.75, 3.05) is 5.75 Å². The van der Waals surface area contributed by atoms with Crippen LogP contribution in [0.15, 0.2) is 59.4 Å². The van der Waals surface area contributed by atoms with Gasteiger partial charge in [-0.15, -0.1) is 35.5 Å². The molecule has 2 aliphatic heterocycles. The van der Waals surface area contributed by atoms with Gasteiger partial charge in [0.2, 0.25) is 5.91 Å². The lowest BCUT2D eigenvalue weighted by molar-refractivity contribution is -0.689. The van der Waals surface area contributed by atoms with Crippen LogP contribution in [0.4, 0.5) is 0 Å². The molecule has 0 radical (unpaired) electrons. The van der Waals surface area contributed by atoms with Crippen LogP contribution in [0.2, 0.25) is 0 Å². The maximum atomic E-state index is 12.6. The third-order valence-corrected chi connectivity index (χ3v) is 6.84. The second kappa shape index (κ2) is 8.98. The first-order chi connectivity index (χ1) is 13.5. The zero-order valence-electron chi connectivity index (χ0n) is 15.1. The highest BCUT2D eigenvalue weighted by atomic mass is 35.5. The lowest BCUT2D eigenvalue weighted by Crippen LogP contribution is -2.71. The number of carboxylic acids is 1. The summed E-state index contributed by atoms with van der Waals surface area (Å²) in [5, 5.41) is 16.0. The zero-order chi connectivity index (χ0) is 19.7. The van der Waals surface area contributed by atoms with Gasteiger partial charge in [0.1, 0.15) is 11.4 Å². The van der Waals surface area contributed by atoms with Gasteiger partial charge in [-0.25, -0.2) is 4.57 Å². The largest absolute Gasteiger partial charge is 0.543 e. The summed E-state index contributed by atoms with van der Waals surface area (Å²) in [5.41, 5.74) is 0.544. The Kier molecular flexibility index (Phi) is 6.61. The Balaban J connectivity index is 0.00000240. The number of aromatic nitrogens is 1. The molecule has 2 atom stereocenters. The van der Waals surface area contributed by atoms with Crippen molar-refractivity contribution in [3.63, 3.8) is 0 Å². The summed E-state index contributed by atoms with van der Waals surface area (Å²) < 4.78 is 1.85. The van der Waals surface area contributed by atoms with E-state index in [4.69, 9.17) is 0 Å². The van der Waals surface area contributed by atoms with E-state index in [9.17, 15) is 19.5 Å². The van der Waals surface area contributed by atoms with E-state index >= 15 is 0 Å². The number of carboxylic acid groups (broad SMARTS) is 1. The predicted molar refractivity (Wildman–Crippen MR) is 109 cm³/mol. The minimum Gasteiger partial charge on any atom is -0.543 e. The van der Waals surface area contributed by atoms with Crippen LogP contribution in [0.1, 0.15) is 4.88 Å². The maximum Gasteiger partial charge on any atom is 0.253 e. The van der Waals surface area contributed by atoms with Crippen molar-refractivity contribution in [1.82, 2.24) is 10.2 Å². The van der Waals surface area contributed by atoms with Crippen LogP contribution in [0, 0.1) is 0 Å². The van der Waals surface area contributed by atoms with Gasteiger partial charge in [-0.2, -0.15) is 0 Å². The van der Waals surface area contributed by atoms with Crippen molar-refractivity contribution in [3.05, 3.63) is 64.3 Å². The number of nitrogens with zero attached hydrogens (tertiary/aromatic N) is 2. The highest BCUT2D eigenvalue weighted by Gasteiger charge is 2.53. The van der Waals surface area contributed by atoms with Gasteiger partial charge < -0.3 is 15.2 Å². The van der Waals surface area contributed by atoms with E-state index in [1.807, 2.05) is 52.7 Å². The van der Waals surface area contributed by atoms with Crippen molar-refractivity contribution in [2.24, 2.45) is 0 Å². The van der Waals surface area contributed by atoms with Crippen LogP contribution >= 0.6 is 35.5 Å². The summed E-state index contributed by atoms with van der Waals surface area (Å²) in [7, 11) is 0. The quantitative estimate of drug-likeness (QED) is 0.497. The number of rotatable bonds is 6. The molecule has 1 saturated heterocycles. The van der Waals surface area contributed by atoms with E-state index in [1.165, 1.54) is 28.0 Å². The second-order valence-corrected chi connectivity index (χ2v) is 8.64. The smallest absolute Gasteiger partial charge is 0.253 e. The Morgan fingerprint density at radius 2 is 2.00 bits per heavy atom. The fraction of sp³-hybridized carbons (Fsp3) is 0.263. The topological polar surface area (TPSA) is 93.4 Å². The Morgan fingerprint density at radius 3 is 2.66 bits per heavy atom. The monoisotopic (exact) mass is 451 g/mol. The van der Waals surface area contributed by atoms with Gasteiger partial charge in [0.25, 0.3) is 5.91 Å². The first-order valence-electron chi connectivity index (χ1n) is 8.68. The van der Waals surface area contributed by atoms with Crippen molar-refractivity contribution >= 4 is 53.3 Å². The summed E-state index contributed by atoms with van der Waals surface area (Å²) in [6, 6.07) is 8.59. The number of thioether (sulfide) groups is 1. The molecule has 2 amide bonds. The molecular formula is C19H18ClN3O4S2. The van der Waals surface area contributed by atoms with Crippen LogP contribution in [-0.2, 0) is 27.3 Å². The molecule has 1 N–H and O–H groups in total. The van der Waals surface area contributed by atoms with E-state index < -0.39 is 23.3 Å². The summed E-state index contributed by atoms with van der Waals surface area (Å²) in [4.78, 5) is 38.8. The van der Waals surface area contributed by atoms with Crippen LogP contribution in [0.5, 0.6) is 0 Å². The van der Waals surface area contributed by atoms with Crippen LogP contribution in [-0.4, -0.2) is 39.9 Å². The minimum absolute atomic E-state index is 0. The molecule has 0 aromatic carbocycles. The number of hydrogen-bond donors (Lipinski definition) is 1. The fourth-order valence-electron chi connectivity index (χ4n) is 3.35. The minimum atomic E-state index is -1.37. The number of carbonyl (C=O) groups excluding carboxylic acids is 3. The van der Waals surface area contributed by atoms with E-state index in [0.29, 0.717) is 17.9 Å². The molecule has 0 aliphatic carbocycles. The number of β-lactam (4-membered cyclic amide) rings is 1. The molecule has 0 bridgehead atoms. The van der Waals surface area contributed by atoms with E-state index in [0.717, 1.165) is 4.88 Å². The van der Waals surface area contributed by atoms with Crippen molar-refractivity contribution in [2.45, 2.75) is 24.4 Å². The van der Waals surface area contributed by atoms with Gasteiger partial charge in [0.05, 0.1) is 18.1 Å². The molecule has 0 spiro atoms. The molecule has 2 aromatic rings. The maximum absolute atomic E-state index is 12.6. The summed E-state index contributed by atoms with van der Waals surface area (Å²) in [5.74, 6) is -1.57. The molecule has 2 aliphatic rings. The first kappa shape index (κ1) is 21.4. The van der Waals surface area contributed by atoms with Crippen molar-refractivity contribution < 1.29 is 24.1 Å². The Labute approximate surface area is 181 Å². The molecule has 4 rings (SSSR count). The van der Waals surface area contributed by atoms with Gasteiger partial charge in [-0.3, -0.25) is 14.5 Å². The number of amides is 2. The number of carbonyl (C=O) groups is 3. The lowest BCUT2D eigenvalue weighted by Gasteiger charge is -2.50. The number of pyridine rings is 1. The highest BCUT2D eigenvalue weighted by Crippen LogP contribution is 2.40. The van der Waals surface area contributed by atoms with Crippen LogP contribution < -0.4 is 15.0 Å². The number of fused-ring (bicyclic) bond motifs is 1. The molecule has 29 heavy (non-hydrogen) atoms. The van der Waals surface area contributed by atoms with Crippen molar-refractivity contribution in [3.8, 4) is 0 Å².